The van der Waals surface area contributed by atoms with Crippen LogP contribution in [-0.2, 0) is 13.1 Å². The number of rotatable bonds is 4. The lowest BCUT2D eigenvalue weighted by Gasteiger charge is -2.16. The smallest absolute Gasteiger partial charge is 0.317 e. The van der Waals surface area contributed by atoms with E-state index in [1.54, 1.807) is 35.6 Å². The van der Waals surface area contributed by atoms with Crippen molar-refractivity contribution in [2.24, 2.45) is 0 Å². The molecule has 0 atom stereocenters. The average Bonchev–Trinajstić information content (AvgIpc) is 3.11. The molecule has 0 aliphatic heterocycles. The fourth-order valence-corrected chi connectivity index (χ4v) is 2.59. The van der Waals surface area contributed by atoms with Crippen LogP contribution in [0.15, 0.2) is 40.6 Å². The van der Waals surface area contributed by atoms with Crippen LogP contribution < -0.4 is 5.32 Å². The van der Waals surface area contributed by atoms with E-state index in [1.165, 1.54) is 0 Å². The number of amides is 2. The number of fused-ring (bicyclic) bond motifs is 1. The Morgan fingerprint density at radius 1 is 1.60 bits per heavy atom. The van der Waals surface area contributed by atoms with E-state index < -0.39 is 0 Å². The van der Waals surface area contributed by atoms with E-state index in [1.807, 2.05) is 28.2 Å². The van der Waals surface area contributed by atoms with Gasteiger partial charge in [-0.2, -0.15) is 0 Å². The number of carbonyl (C=O) groups is 1. The maximum atomic E-state index is 11.9. The number of hydrogen-bond donors (Lipinski definition) is 1. The summed E-state index contributed by atoms with van der Waals surface area (Å²) >= 11 is 1.57. The number of carbonyl (C=O) groups excluding carboxylic acids is 1. The van der Waals surface area contributed by atoms with E-state index in [2.05, 4.69) is 10.3 Å². The molecule has 3 rings (SSSR count). The van der Waals surface area contributed by atoms with E-state index >= 15 is 0 Å². The van der Waals surface area contributed by atoms with Crippen LogP contribution in [0.2, 0.25) is 0 Å². The molecule has 0 bridgehead atoms. The summed E-state index contributed by atoms with van der Waals surface area (Å²) in [5.74, 6) is 0.755. The summed E-state index contributed by atoms with van der Waals surface area (Å²) < 4.78 is 7.15. The Morgan fingerprint density at radius 3 is 3.25 bits per heavy atom. The first-order valence-corrected chi connectivity index (χ1v) is 7.03. The summed E-state index contributed by atoms with van der Waals surface area (Å²) in [7, 11) is 1.73. The van der Waals surface area contributed by atoms with Gasteiger partial charge in [-0.1, -0.05) is 0 Å². The first-order chi connectivity index (χ1) is 9.72. The zero-order chi connectivity index (χ0) is 13.9. The molecule has 0 aliphatic carbocycles. The second-order valence-corrected chi connectivity index (χ2v) is 5.29. The minimum atomic E-state index is -0.155. The standard InChI is InChI=1S/C13H14N4O2S/c1-16(9-11-3-2-5-19-11)12(18)14-7-10-8-17-4-6-20-13(17)15-10/h2-6,8H,7,9H2,1H3,(H,14,18). The summed E-state index contributed by atoms with van der Waals surface area (Å²) in [6.45, 7) is 0.854. The fraction of sp³-hybridized carbons (Fsp3) is 0.231. The lowest BCUT2D eigenvalue weighted by molar-refractivity contribution is 0.202. The number of nitrogens with zero attached hydrogens (tertiary/aromatic N) is 3. The topological polar surface area (TPSA) is 62.8 Å². The zero-order valence-corrected chi connectivity index (χ0v) is 11.8. The summed E-state index contributed by atoms with van der Waals surface area (Å²) in [6, 6.07) is 3.49. The lowest BCUT2D eigenvalue weighted by atomic mass is 10.4. The Kier molecular flexibility index (Phi) is 3.42. The van der Waals surface area contributed by atoms with Gasteiger partial charge in [-0.25, -0.2) is 9.78 Å². The van der Waals surface area contributed by atoms with E-state index in [-0.39, 0.29) is 6.03 Å². The molecule has 0 spiro atoms. The van der Waals surface area contributed by atoms with Crippen molar-refractivity contribution in [3.8, 4) is 0 Å². The number of aromatic nitrogens is 2. The molecular formula is C13H14N4O2S. The molecule has 0 radical (unpaired) electrons. The maximum absolute atomic E-state index is 11.9. The van der Waals surface area contributed by atoms with Gasteiger partial charge in [-0.3, -0.25) is 4.40 Å². The average molecular weight is 290 g/mol. The maximum Gasteiger partial charge on any atom is 0.317 e. The molecule has 0 aliphatic rings. The Hall–Kier alpha value is -2.28. The van der Waals surface area contributed by atoms with Crippen LogP contribution in [0.1, 0.15) is 11.5 Å². The predicted octanol–water partition coefficient (Wildman–Crippen LogP) is 2.33. The van der Waals surface area contributed by atoms with Gasteiger partial charge in [0.15, 0.2) is 4.96 Å². The molecule has 3 heterocycles. The monoisotopic (exact) mass is 290 g/mol. The Bertz CT molecular complexity index is 672. The number of urea groups is 1. The highest BCUT2D eigenvalue weighted by Gasteiger charge is 2.11. The minimum absolute atomic E-state index is 0.155. The van der Waals surface area contributed by atoms with Crippen molar-refractivity contribution in [3.05, 3.63) is 47.6 Å². The molecule has 0 saturated carbocycles. The molecule has 3 aromatic heterocycles. The zero-order valence-electron chi connectivity index (χ0n) is 10.9. The van der Waals surface area contributed by atoms with Gasteiger partial charge < -0.3 is 14.6 Å². The first kappa shape index (κ1) is 12.7. The second-order valence-electron chi connectivity index (χ2n) is 4.42. The van der Waals surface area contributed by atoms with E-state index in [4.69, 9.17) is 4.42 Å². The Labute approximate surface area is 119 Å². The summed E-state index contributed by atoms with van der Waals surface area (Å²) in [6.07, 6.45) is 5.46. The number of nitrogens with one attached hydrogen (secondary N) is 1. The highest BCUT2D eigenvalue weighted by molar-refractivity contribution is 7.15. The lowest BCUT2D eigenvalue weighted by Crippen LogP contribution is -2.36. The van der Waals surface area contributed by atoms with Crippen LogP contribution in [0, 0.1) is 0 Å². The second kappa shape index (κ2) is 5.38. The van der Waals surface area contributed by atoms with E-state index in [0.717, 1.165) is 16.4 Å². The van der Waals surface area contributed by atoms with Crippen molar-refractivity contribution in [2.45, 2.75) is 13.1 Å². The molecule has 6 nitrogen and oxygen atoms in total. The van der Waals surface area contributed by atoms with Crippen LogP contribution in [0.25, 0.3) is 4.96 Å². The Balaban J connectivity index is 1.54. The van der Waals surface area contributed by atoms with Gasteiger partial charge in [0, 0.05) is 24.8 Å². The largest absolute Gasteiger partial charge is 0.467 e. The van der Waals surface area contributed by atoms with Gasteiger partial charge in [0.2, 0.25) is 0 Å². The molecule has 7 heteroatoms. The summed E-state index contributed by atoms with van der Waals surface area (Å²) in [5, 5.41) is 4.81. The molecular weight excluding hydrogens is 276 g/mol. The van der Waals surface area contributed by atoms with Crippen molar-refractivity contribution in [1.82, 2.24) is 19.6 Å². The highest BCUT2D eigenvalue weighted by Crippen LogP contribution is 2.11. The summed E-state index contributed by atoms with van der Waals surface area (Å²) in [5.41, 5.74) is 0.844. The third-order valence-electron chi connectivity index (χ3n) is 2.88. The normalized spacial score (nSPS) is 10.8. The third-order valence-corrected chi connectivity index (χ3v) is 3.65. The minimum Gasteiger partial charge on any atom is -0.467 e. The van der Waals surface area contributed by atoms with Crippen molar-refractivity contribution in [1.29, 1.82) is 0 Å². The van der Waals surface area contributed by atoms with Gasteiger partial charge in [0.1, 0.15) is 5.76 Å². The van der Waals surface area contributed by atoms with E-state index in [9.17, 15) is 4.79 Å². The number of furan rings is 1. The van der Waals surface area contributed by atoms with Crippen LogP contribution in [0.3, 0.4) is 0 Å². The van der Waals surface area contributed by atoms with Gasteiger partial charge in [-0.15, -0.1) is 11.3 Å². The molecule has 0 fully saturated rings. The fourth-order valence-electron chi connectivity index (χ4n) is 1.87. The van der Waals surface area contributed by atoms with Crippen molar-refractivity contribution in [2.75, 3.05) is 7.05 Å². The predicted molar refractivity (Wildman–Crippen MR) is 75.5 cm³/mol. The molecule has 20 heavy (non-hydrogen) atoms. The number of thiazole rings is 1. The third kappa shape index (κ3) is 2.67. The van der Waals surface area contributed by atoms with Gasteiger partial charge in [-0.05, 0) is 12.1 Å². The van der Waals surface area contributed by atoms with Crippen LogP contribution in [0.4, 0.5) is 4.79 Å². The van der Waals surface area contributed by atoms with Crippen molar-refractivity contribution < 1.29 is 9.21 Å². The van der Waals surface area contributed by atoms with Gasteiger partial charge in [0.25, 0.3) is 0 Å². The van der Waals surface area contributed by atoms with Gasteiger partial charge >= 0.3 is 6.03 Å². The molecule has 1 N–H and O–H groups in total. The molecule has 0 aromatic carbocycles. The van der Waals surface area contributed by atoms with Crippen LogP contribution in [-0.4, -0.2) is 27.4 Å². The van der Waals surface area contributed by atoms with E-state index in [0.29, 0.717) is 13.1 Å². The summed E-state index contributed by atoms with van der Waals surface area (Å²) in [4.78, 5) is 18.8. The van der Waals surface area contributed by atoms with Gasteiger partial charge in [0.05, 0.1) is 25.0 Å². The Morgan fingerprint density at radius 2 is 2.50 bits per heavy atom. The molecule has 0 unspecified atom stereocenters. The SMILES string of the molecule is CN(Cc1ccco1)C(=O)NCc1cn2ccsc2n1. The molecule has 3 aromatic rings. The van der Waals surface area contributed by atoms with Crippen molar-refractivity contribution >= 4 is 22.3 Å². The number of hydrogen-bond acceptors (Lipinski definition) is 4. The highest BCUT2D eigenvalue weighted by atomic mass is 32.1. The van der Waals surface area contributed by atoms with Crippen LogP contribution in [0.5, 0.6) is 0 Å². The number of imidazole rings is 1. The molecule has 2 amide bonds. The van der Waals surface area contributed by atoms with Crippen LogP contribution >= 0.6 is 11.3 Å². The quantitative estimate of drug-likeness (QED) is 0.802. The molecule has 0 saturated heterocycles. The first-order valence-electron chi connectivity index (χ1n) is 6.15. The molecule has 104 valence electrons. The van der Waals surface area contributed by atoms with Crippen molar-refractivity contribution in [3.63, 3.8) is 0 Å².